The zero-order valence-corrected chi connectivity index (χ0v) is 12.5. The first-order valence-electron chi connectivity index (χ1n) is 7.61. The molecule has 0 saturated heterocycles. The van der Waals surface area contributed by atoms with Gasteiger partial charge < -0.3 is 5.32 Å². The summed E-state index contributed by atoms with van der Waals surface area (Å²) < 4.78 is 0. The van der Waals surface area contributed by atoms with Crippen LogP contribution in [0.15, 0.2) is 60.7 Å². The molecule has 3 aromatic carbocycles. The van der Waals surface area contributed by atoms with Crippen LogP contribution in [0.4, 0.5) is 5.69 Å². The van der Waals surface area contributed by atoms with Crippen molar-refractivity contribution in [1.29, 1.82) is 0 Å². The van der Waals surface area contributed by atoms with Crippen molar-refractivity contribution in [2.45, 2.75) is 19.3 Å². The van der Waals surface area contributed by atoms with Crippen molar-refractivity contribution < 1.29 is 4.79 Å². The van der Waals surface area contributed by atoms with Gasteiger partial charge in [0, 0.05) is 17.7 Å². The summed E-state index contributed by atoms with van der Waals surface area (Å²) in [6.45, 7) is 2.11. The van der Waals surface area contributed by atoms with Gasteiger partial charge in [0.05, 0.1) is 5.69 Å². The molecule has 1 amide bonds. The molecule has 0 radical (unpaired) electrons. The number of carbonyl (C=O) groups is 1. The predicted molar refractivity (Wildman–Crippen MR) is 90.2 cm³/mol. The molecule has 1 aliphatic rings. The number of nitrogens with one attached hydrogen (secondary N) is 1. The van der Waals surface area contributed by atoms with Gasteiger partial charge in [-0.3, -0.25) is 4.79 Å². The topological polar surface area (TPSA) is 29.1 Å². The van der Waals surface area contributed by atoms with E-state index in [0.29, 0.717) is 6.42 Å². The van der Waals surface area contributed by atoms with Crippen molar-refractivity contribution in [2.75, 3.05) is 5.32 Å². The van der Waals surface area contributed by atoms with Crippen LogP contribution in [0.25, 0.3) is 10.8 Å². The van der Waals surface area contributed by atoms with Crippen molar-refractivity contribution in [1.82, 2.24) is 0 Å². The molecule has 0 aromatic heterocycles. The molecule has 0 bridgehead atoms. The molecule has 0 unspecified atom stereocenters. The normalized spacial score (nSPS) is 17.1. The van der Waals surface area contributed by atoms with E-state index in [4.69, 9.17) is 0 Å². The minimum absolute atomic E-state index is 0.0945. The summed E-state index contributed by atoms with van der Waals surface area (Å²) in [4.78, 5) is 12.3. The number of hydrogen-bond donors (Lipinski definition) is 1. The Labute approximate surface area is 129 Å². The summed E-state index contributed by atoms with van der Waals surface area (Å²) in [5.74, 6) is 0.228. The Morgan fingerprint density at radius 2 is 1.68 bits per heavy atom. The lowest BCUT2D eigenvalue weighted by atomic mass is 9.82. The average molecular weight is 287 g/mol. The van der Waals surface area contributed by atoms with Gasteiger partial charge in [0.2, 0.25) is 5.91 Å². The molecule has 2 heteroatoms. The van der Waals surface area contributed by atoms with Gasteiger partial charge in [0.1, 0.15) is 0 Å². The van der Waals surface area contributed by atoms with Crippen molar-refractivity contribution in [3.63, 3.8) is 0 Å². The molecule has 0 saturated carbocycles. The van der Waals surface area contributed by atoms with Crippen LogP contribution in [0.5, 0.6) is 0 Å². The Morgan fingerprint density at radius 1 is 0.909 bits per heavy atom. The second-order valence-corrected chi connectivity index (χ2v) is 5.91. The van der Waals surface area contributed by atoms with Crippen molar-refractivity contribution >= 4 is 22.4 Å². The van der Waals surface area contributed by atoms with Gasteiger partial charge in [-0.05, 0) is 29.0 Å². The van der Waals surface area contributed by atoms with E-state index in [1.165, 1.54) is 16.7 Å². The summed E-state index contributed by atoms with van der Waals surface area (Å²) in [5, 5.41) is 5.36. The Hall–Kier alpha value is -2.61. The van der Waals surface area contributed by atoms with Crippen LogP contribution in [0, 0.1) is 6.92 Å². The number of rotatable bonds is 1. The quantitative estimate of drug-likeness (QED) is 0.695. The van der Waals surface area contributed by atoms with Crippen molar-refractivity contribution in [2.24, 2.45) is 0 Å². The smallest absolute Gasteiger partial charge is 0.225 e. The molecule has 1 atom stereocenters. The lowest BCUT2D eigenvalue weighted by molar-refractivity contribution is -0.116. The highest BCUT2D eigenvalue weighted by atomic mass is 16.1. The van der Waals surface area contributed by atoms with Crippen LogP contribution < -0.4 is 5.32 Å². The van der Waals surface area contributed by atoms with Gasteiger partial charge in [-0.2, -0.15) is 0 Å². The number of hydrogen-bond acceptors (Lipinski definition) is 1. The van der Waals surface area contributed by atoms with Gasteiger partial charge in [-0.25, -0.2) is 0 Å². The summed E-state index contributed by atoms with van der Waals surface area (Å²) in [6.07, 6.45) is 0.510. The molecule has 0 aliphatic carbocycles. The highest BCUT2D eigenvalue weighted by molar-refractivity contribution is 6.06. The molecule has 22 heavy (non-hydrogen) atoms. The molecule has 0 spiro atoms. The molecule has 3 aromatic rings. The van der Waals surface area contributed by atoms with Crippen LogP contribution in [0.1, 0.15) is 29.0 Å². The van der Waals surface area contributed by atoms with E-state index < -0.39 is 0 Å². The van der Waals surface area contributed by atoms with Crippen LogP contribution in [-0.2, 0) is 4.79 Å². The van der Waals surface area contributed by atoms with Crippen LogP contribution >= 0.6 is 0 Å². The third kappa shape index (κ3) is 2.00. The number of anilines is 1. The van der Waals surface area contributed by atoms with E-state index in [0.717, 1.165) is 16.5 Å². The zero-order chi connectivity index (χ0) is 15.1. The first-order valence-corrected chi connectivity index (χ1v) is 7.61. The van der Waals surface area contributed by atoms with Crippen LogP contribution in [0.2, 0.25) is 0 Å². The number of amides is 1. The Morgan fingerprint density at radius 3 is 2.55 bits per heavy atom. The number of benzene rings is 3. The second-order valence-electron chi connectivity index (χ2n) is 5.91. The Balaban J connectivity index is 1.97. The molecule has 1 N–H and O–H groups in total. The summed E-state index contributed by atoms with van der Waals surface area (Å²) >= 11 is 0. The van der Waals surface area contributed by atoms with Crippen molar-refractivity contribution in [3.05, 3.63) is 77.4 Å². The Kier molecular flexibility index (Phi) is 2.97. The van der Waals surface area contributed by atoms with Gasteiger partial charge >= 0.3 is 0 Å². The van der Waals surface area contributed by atoms with Crippen LogP contribution in [0.3, 0.4) is 0 Å². The SMILES string of the molecule is Cc1ccccc1[C@H]1CC(=O)Nc2c1ccc1ccccc21. The lowest BCUT2D eigenvalue weighted by Gasteiger charge is -2.28. The highest BCUT2D eigenvalue weighted by Gasteiger charge is 2.28. The number of aryl methyl sites for hydroxylation is 1. The summed E-state index contributed by atoms with van der Waals surface area (Å²) in [7, 11) is 0. The molecule has 108 valence electrons. The molecule has 1 heterocycles. The largest absolute Gasteiger partial charge is 0.325 e. The maximum Gasteiger partial charge on any atom is 0.225 e. The van der Waals surface area contributed by atoms with E-state index in [1.54, 1.807) is 0 Å². The van der Waals surface area contributed by atoms with E-state index in [9.17, 15) is 4.79 Å². The summed E-state index contributed by atoms with van der Waals surface area (Å²) in [6, 6.07) is 20.9. The first-order chi connectivity index (χ1) is 10.7. The third-order valence-electron chi connectivity index (χ3n) is 4.55. The molecule has 2 nitrogen and oxygen atoms in total. The average Bonchev–Trinajstić information content (AvgIpc) is 2.54. The van der Waals surface area contributed by atoms with Gasteiger partial charge in [0.25, 0.3) is 0 Å². The number of fused-ring (bicyclic) bond motifs is 3. The van der Waals surface area contributed by atoms with Gasteiger partial charge in [-0.15, -0.1) is 0 Å². The lowest BCUT2D eigenvalue weighted by Crippen LogP contribution is -2.24. The van der Waals surface area contributed by atoms with Gasteiger partial charge in [0.15, 0.2) is 0 Å². The third-order valence-corrected chi connectivity index (χ3v) is 4.55. The zero-order valence-electron chi connectivity index (χ0n) is 12.5. The Bertz CT molecular complexity index is 882. The minimum atomic E-state index is 0.0945. The molecule has 4 rings (SSSR count). The second kappa shape index (κ2) is 4.99. The molecular weight excluding hydrogens is 270 g/mol. The maximum absolute atomic E-state index is 12.3. The fraction of sp³-hybridized carbons (Fsp3) is 0.150. The van der Waals surface area contributed by atoms with E-state index in [2.05, 4.69) is 54.7 Å². The summed E-state index contributed by atoms with van der Waals surface area (Å²) in [5.41, 5.74) is 4.67. The fourth-order valence-corrected chi connectivity index (χ4v) is 3.46. The predicted octanol–water partition coefficient (Wildman–Crippen LogP) is 4.62. The monoisotopic (exact) mass is 287 g/mol. The van der Waals surface area contributed by atoms with E-state index in [-0.39, 0.29) is 11.8 Å². The minimum Gasteiger partial charge on any atom is -0.325 e. The fourth-order valence-electron chi connectivity index (χ4n) is 3.46. The molecule has 1 aliphatic heterocycles. The highest BCUT2D eigenvalue weighted by Crippen LogP contribution is 2.41. The maximum atomic E-state index is 12.3. The number of carbonyl (C=O) groups excluding carboxylic acids is 1. The first kappa shape index (κ1) is 13.1. The molecule has 0 fully saturated rings. The van der Waals surface area contributed by atoms with E-state index in [1.807, 2.05) is 18.2 Å². The van der Waals surface area contributed by atoms with Crippen LogP contribution in [-0.4, -0.2) is 5.91 Å². The van der Waals surface area contributed by atoms with E-state index >= 15 is 0 Å². The molecular formula is C20H17NO. The van der Waals surface area contributed by atoms with Crippen molar-refractivity contribution in [3.8, 4) is 0 Å². The van der Waals surface area contributed by atoms with Gasteiger partial charge in [-0.1, -0.05) is 60.7 Å². The standard InChI is InChI=1S/C20H17NO/c1-13-6-2-4-8-15(13)18-12-19(22)21-20-16-9-5-3-7-14(16)10-11-17(18)20/h2-11,18H,12H2,1H3,(H,21,22)/t18-/m1/s1.